The lowest BCUT2D eigenvalue weighted by molar-refractivity contribution is 0.109. The first-order valence-electron chi connectivity index (χ1n) is 6.47. The van der Waals surface area contributed by atoms with Crippen LogP contribution in [0.2, 0.25) is 0 Å². The molecule has 0 bridgehead atoms. The van der Waals surface area contributed by atoms with Gasteiger partial charge in [0.1, 0.15) is 0 Å². The number of hydrogen-bond donors (Lipinski definition) is 1. The van der Waals surface area contributed by atoms with E-state index in [1.165, 1.54) is 6.42 Å². The van der Waals surface area contributed by atoms with Crippen molar-refractivity contribution in [2.75, 3.05) is 13.2 Å². The Morgan fingerprint density at radius 3 is 2.82 bits per heavy atom. The van der Waals surface area contributed by atoms with Crippen LogP contribution in [0.25, 0.3) is 0 Å². The van der Waals surface area contributed by atoms with Crippen molar-refractivity contribution in [1.29, 1.82) is 0 Å². The van der Waals surface area contributed by atoms with Gasteiger partial charge in [0.25, 0.3) is 0 Å². The average molecular weight is 237 g/mol. The summed E-state index contributed by atoms with van der Waals surface area (Å²) in [6.07, 6.45) is 6.64. The molecule has 2 aliphatic rings. The van der Waals surface area contributed by atoms with Crippen molar-refractivity contribution >= 4 is 0 Å². The molecular weight excluding hydrogens is 218 g/mol. The van der Waals surface area contributed by atoms with Gasteiger partial charge in [-0.2, -0.15) is 4.98 Å². The van der Waals surface area contributed by atoms with Crippen molar-refractivity contribution < 1.29 is 9.26 Å². The first-order chi connectivity index (χ1) is 8.32. The lowest BCUT2D eigenvalue weighted by atomic mass is 9.69. The highest BCUT2D eigenvalue weighted by atomic mass is 16.5. The summed E-state index contributed by atoms with van der Waals surface area (Å²) < 4.78 is 10.9. The van der Waals surface area contributed by atoms with E-state index in [0.29, 0.717) is 6.54 Å². The Balaban J connectivity index is 1.69. The average Bonchev–Trinajstić information content (AvgIpc) is 2.90. The van der Waals surface area contributed by atoms with Gasteiger partial charge in [0.2, 0.25) is 5.89 Å². The Bertz CT molecular complexity index is 375. The lowest BCUT2D eigenvalue weighted by Crippen LogP contribution is -2.41. The number of hydrogen-bond acceptors (Lipinski definition) is 5. The molecule has 3 rings (SSSR count). The van der Waals surface area contributed by atoms with Gasteiger partial charge >= 0.3 is 0 Å². The second-order valence-electron chi connectivity index (χ2n) is 5.19. The molecule has 5 heteroatoms. The third-order valence-electron chi connectivity index (χ3n) is 4.06. The van der Waals surface area contributed by atoms with E-state index in [0.717, 1.165) is 50.4 Å². The molecule has 1 aromatic heterocycles. The molecule has 1 saturated heterocycles. The molecule has 1 unspecified atom stereocenters. The molecule has 2 N–H and O–H groups in total. The van der Waals surface area contributed by atoms with Crippen LogP contribution < -0.4 is 5.73 Å². The molecule has 2 heterocycles. The van der Waals surface area contributed by atoms with E-state index < -0.39 is 0 Å². The van der Waals surface area contributed by atoms with Gasteiger partial charge in [-0.05, 0) is 25.7 Å². The minimum Gasteiger partial charge on any atom is -0.378 e. The van der Waals surface area contributed by atoms with E-state index >= 15 is 0 Å². The van der Waals surface area contributed by atoms with Gasteiger partial charge in [-0.25, -0.2) is 0 Å². The summed E-state index contributed by atoms with van der Waals surface area (Å²) in [5, 5.41) is 4.05. The van der Waals surface area contributed by atoms with Crippen molar-refractivity contribution in [1.82, 2.24) is 10.1 Å². The van der Waals surface area contributed by atoms with Gasteiger partial charge < -0.3 is 15.0 Å². The van der Waals surface area contributed by atoms with Crippen molar-refractivity contribution in [2.24, 2.45) is 5.73 Å². The monoisotopic (exact) mass is 237 g/mol. The molecule has 1 aromatic rings. The molecule has 0 amide bonds. The van der Waals surface area contributed by atoms with Crippen LogP contribution in [0.1, 0.15) is 43.8 Å². The minimum absolute atomic E-state index is 0.0260. The first kappa shape index (κ1) is 11.2. The fraction of sp³-hybridized carbons (Fsp3) is 0.833. The summed E-state index contributed by atoms with van der Waals surface area (Å²) in [5.41, 5.74) is 5.80. The van der Waals surface area contributed by atoms with Crippen molar-refractivity contribution in [2.45, 2.75) is 50.0 Å². The molecular formula is C12H19N3O2. The molecule has 1 aliphatic heterocycles. The SMILES string of the molecule is NCC1(c2nc(CC3CCCO3)no2)CCC1. The van der Waals surface area contributed by atoms with Crippen LogP contribution >= 0.6 is 0 Å². The van der Waals surface area contributed by atoms with Gasteiger partial charge in [0.05, 0.1) is 11.5 Å². The van der Waals surface area contributed by atoms with Crippen molar-refractivity contribution in [3.8, 4) is 0 Å². The Kier molecular flexibility index (Phi) is 2.88. The van der Waals surface area contributed by atoms with Crippen molar-refractivity contribution in [3.63, 3.8) is 0 Å². The van der Waals surface area contributed by atoms with E-state index in [9.17, 15) is 0 Å². The predicted octanol–water partition coefficient (Wildman–Crippen LogP) is 1.17. The van der Waals surface area contributed by atoms with E-state index in [1.807, 2.05) is 0 Å². The summed E-state index contributed by atoms with van der Waals surface area (Å²) in [6, 6.07) is 0. The predicted molar refractivity (Wildman–Crippen MR) is 61.6 cm³/mol. The number of nitrogens with zero attached hydrogens (tertiary/aromatic N) is 2. The first-order valence-corrected chi connectivity index (χ1v) is 6.47. The standard InChI is InChI=1S/C12H19N3O2/c13-8-12(4-2-5-12)11-14-10(15-17-11)7-9-3-1-6-16-9/h9H,1-8,13H2. The van der Waals surface area contributed by atoms with Gasteiger partial charge in [-0.15, -0.1) is 0 Å². The highest BCUT2D eigenvalue weighted by Gasteiger charge is 2.42. The smallest absolute Gasteiger partial charge is 0.234 e. The summed E-state index contributed by atoms with van der Waals surface area (Å²) in [5.74, 6) is 1.51. The molecule has 1 saturated carbocycles. The van der Waals surface area contributed by atoms with Gasteiger partial charge in [0, 0.05) is 19.6 Å². The number of nitrogens with two attached hydrogens (primary N) is 1. The lowest BCUT2D eigenvalue weighted by Gasteiger charge is -2.36. The molecule has 17 heavy (non-hydrogen) atoms. The number of aromatic nitrogens is 2. The van der Waals surface area contributed by atoms with Gasteiger partial charge in [-0.3, -0.25) is 0 Å². The Morgan fingerprint density at radius 2 is 2.24 bits per heavy atom. The van der Waals surface area contributed by atoms with Crippen molar-refractivity contribution in [3.05, 3.63) is 11.7 Å². The minimum atomic E-state index is -0.0260. The normalized spacial score (nSPS) is 27.0. The zero-order valence-electron chi connectivity index (χ0n) is 10.0. The van der Waals surface area contributed by atoms with Gasteiger partial charge in [0.15, 0.2) is 5.82 Å². The summed E-state index contributed by atoms with van der Waals surface area (Å²) >= 11 is 0. The zero-order chi connectivity index (χ0) is 11.7. The summed E-state index contributed by atoms with van der Waals surface area (Å²) in [6.45, 7) is 1.47. The molecule has 2 fully saturated rings. The highest BCUT2D eigenvalue weighted by Crippen LogP contribution is 2.41. The quantitative estimate of drug-likeness (QED) is 0.851. The third-order valence-corrected chi connectivity index (χ3v) is 4.06. The number of ether oxygens (including phenoxy) is 1. The van der Waals surface area contributed by atoms with Crippen LogP contribution in [0.15, 0.2) is 4.52 Å². The largest absolute Gasteiger partial charge is 0.378 e. The maximum atomic E-state index is 5.82. The maximum absolute atomic E-state index is 5.82. The molecule has 0 spiro atoms. The van der Waals surface area contributed by atoms with Crippen LogP contribution in [0, 0.1) is 0 Å². The maximum Gasteiger partial charge on any atom is 0.234 e. The Morgan fingerprint density at radius 1 is 1.35 bits per heavy atom. The van der Waals surface area contributed by atoms with E-state index in [4.69, 9.17) is 15.0 Å². The zero-order valence-corrected chi connectivity index (χ0v) is 10.0. The molecule has 0 radical (unpaired) electrons. The molecule has 1 atom stereocenters. The van der Waals surface area contributed by atoms with E-state index in [2.05, 4.69) is 10.1 Å². The summed E-state index contributed by atoms with van der Waals surface area (Å²) in [7, 11) is 0. The summed E-state index contributed by atoms with van der Waals surface area (Å²) in [4.78, 5) is 4.50. The molecule has 0 aromatic carbocycles. The highest BCUT2D eigenvalue weighted by molar-refractivity contribution is 5.11. The third kappa shape index (κ3) is 1.98. The van der Waals surface area contributed by atoms with Crippen LogP contribution in [0.4, 0.5) is 0 Å². The van der Waals surface area contributed by atoms with Crippen LogP contribution in [-0.4, -0.2) is 29.4 Å². The van der Waals surface area contributed by atoms with Crippen LogP contribution in [-0.2, 0) is 16.6 Å². The molecule has 94 valence electrons. The molecule has 1 aliphatic carbocycles. The van der Waals surface area contributed by atoms with E-state index in [-0.39, 0.29) is 11.5 Å². The van der Waals surface area contributed by atoms with Crippen LogP contribution in [0.3, 0.4) is 0 Å². The Labute approximate surface area is 101 Å². The number of rotatable bonds is 4. The fourth-order valence-electron chi connectivity index (χ4n) is 2.67. The second kappa shape index (κ2) is 4.38. The van der Waals surface area contributed by atoms with Gasteiger partial charge in [-0.1, -0.05) is 11.6 Å². The Hall–Kier alpha value is -0.940. The fourth-order valence-corrected chi connectivity index (χ4v) is 2.67. The van der Waals surface area contributed by atoms with E-state index in [1.54, 1.807) is 0 Å². The topological polar surface area (TPSA) is 74.2 Å². The molecule has 5 nitrogen and oxygen atoms in total. The van der Waals surface area contributed by atoms with Crippen LogP contribution in [0.5, 0.6) is 0 Å². The second-order valence-corrected chi connectivity index (χ2v) is 5.19.